The Bertz CT molecular complexity index is 914. The van der Waals surface area contributed by atoms with Crippen molar-refractivity contribution in [2.24, 2.45) is 4.99 Å². The molecule has 144 valence electrons. The first kappa shape index (κ1) is 19.8. The van der Waals surface area contributed by atoms with Crippen molar-refractivity contribution in [2.75, 3.05) is 5.32 Å². The Morgan fingerprint density at radius 2 is 2.07 bits per heavy atom. The zero-order valence-corrected chi connectivity index (χ0v) is 16.6. The molecule has 1 aliphatic rings. The number of rotatable bonds is 4. The van der Waals surface area contributed by atoms with Gasteiger partial charge in [-0.2, -0.15) is 0 Å². The van der Waals surface area contributed by atoms with Gasteiger partial charge in [-0.25, -0.2) is 4.99 Å². The van der Waals surface area contributed by atoms with E-state index in [0.717, 1.165) is 21.3 Å². The van der Waals surface area contributed by atoms with Crippen LogP contribution in [0.5, 0.6) is 0 Å². The normalized spacial score (nSPS) is 16.0. The van der Waals surface area contributed by atoms with Crippen LogP contribution in [0.1, 0.15) is 17.5 Å². The van der Waals surface area contributed by atoms with E-state index in [0.29, 0.717) is 19.4 Å². The van der Waals surface area contributed by atoms with Gasteiger partial charge >= 0.3 is 0 Å². The maximum Gasteiger partial charge on any atom is 0.289 e. The number of nitrogens with zero attached hydrogens (tertiary/aromatic N) is 1. The molecule has 0 saturated carbocycles. The van der Waals surface area contributed by atoms with Crippen LogP contribution in [0.2, 0.25) is 0 Å². The molecule has 2 amide bonds. The summed E-state index contributed by atoms with van der Waals surface area (Å²) in [7, 11) is 0. The molecule has 1 aliphatic heterocycles. The minimum atomic E-state index is -0.716. The van der Waals surface area contributed by atoms with Gasteiger partial charge in [0, 0.05) is 16.7 Å². The van der Waals surface area contributed by atoms with E-state index in [9.17, 15) is 9.59 Å². The second-order valence-corrected chi connectivity index (χ2v) is 7.24. The van der Waals surface area contributed by atoms with E-state index in [-0.39, 0.29) is 5.91 Å². The second kappa shape index (κ2) is 9.27. The number of benzene rings is 2. The molecule has 1 heterocycles. The summed E-state index contributed by atoms with van der Waals surface area (Å²) in [6.45, 7) is 0.540. The van der Waals surface area contributed by atoms with Crippen LogP contribution in [-0.2, 0) is 22.6 Å². The van der Waals surface area contributed by atoms with Crippen molar-refractivity contribution in [3.8, 4) is 0 Å². The molecule has 0 aromatic heterocycles. The molecule has 3 rings (SSSR count). The van der Waals surface area contributed by atoms with Crippen LogP contribution in [0.25, 0.3) is 0 Å². The molecule has 0 saturated heterocycles. The Labute approximate surface area is 171 Å². The number of fused-ring (bicyclic) bond motifs is 1. The number of nitrogens with one attached hydrogen (secondary N) is 4. The number of amides is 2. The van der Waals surface area contributed by atoms with E-state index in [1.807, 2.05) is 48.5 Å². The van der Waals surface area contributed by atoms with Gasteiger partial charge < -0.3 is 16.0 Å². The molecular formula is C20H20BrN5O2. The van der Waals surface area contributed by atoms with Crippen molar-refractivity contribution >= 4 is 45.6 Å². The molecule has 7 nitrogen and oxygen atoms in total. The summed E-state index contributed by atoms with van der Waals surface area (Å²) in [6, 6.07) is 14.6. The largest absolute Gasteiger partial charge is 0.372 e. The predicted molar refractivity (Wildman–Crippen MR) is 113 cm³/mol. The van der Waals surface area contributed by atoms with Gasteiger partial charge in [-0.15, -0.1) is 0 Å². The molecule has 0 spiro atoms. The molecule has 2 aromatic carbocycles. The first-order valence-corrected chi connectivity index (χ1v) is 9.61. The van der Waals surface area contributed by atoms with Crippen molar-refractivity contribution in [3.05, 3.63) is 64.1 Å². The van der Waals surface area contributed by atoms with Crippen LogP contribution < -0.4 is 16.0 Å². The van der Waals surface area contributed by atoms with Crippen LogP contribution in [0.3, 0.4) is 0 Å². The number of halogens is 1. The topological polar surface area (TPSA) is 106 Å². The van der Waals surface area contributed by atoms with Gasteiger partial charge in [-0.1, -0.05) is 46.3 Å². The number of hydrogen-bond donors (Lipinski definition) is 4. The summed E-state index contributed by atoms with van der Waals surface area (Å²) in [5.74, 6) is -1.45. The smallest absolute Gasteiger partial charge is 0.289 e. The number of aryl methyl sites for hydroxylation is 1. The zero-order valence-electron chi connectivity index (χ0n) is 15.0. The standard InChI is InChI=1S/C20H20BrN5O2/c21-15-7-9-16-14(10-15)6-8-17(19(27)25-16)26-20(28)18(22)24-12-23-11-13-4-2-1-3-5-13/h1-5,7,9-10,12,17H,6,8,11H2,(H,25,27)(H,26,28)(H2,22,23,24)/t17-/m0/s1. The summed E-state index contributed by atoms with van der Waals surface area (Å²) in [5, 5.41) is 16.1. The van der Waals surface area contributed by atoms with Crippen LogP contribution >= 0.6 is 15.9 Å². The lowest BCUT2D eigenvalue weighted by atomic mass is 10.1. The van der Waals surface area contributed by atoms with Gasteiger partial charge in [0.1, 0.15) is 6.04 Å². The summed E-state index contributed by atoms with van der Waals surface area (Å²) in [6.07, 6.45) is 2.40. The third-order valence-corrected chi connectivity index (χ3v) is 4.79. The average molecular weight is 442 g/mol. The highest BCUT2D eigenvalue weighted by atomic mass is 79.9. The molecule has 0 fully saturated rings. The van der Waals surface area contributed by atoms with Crippen molar-refractivity contribution in [1.29, 1.82) is 5.41 Å². The fourth-order valence-electron chi connectivity index (χ4n) is 2.83. The summed E-state index contributed by atoms with van der Waals surface area (Å²) in [5.41, 5.74) is 2.80. The van der Waals surface area contributed by atoms with Crippen molar-refractivity contribution < 1.29 is 9.59 Å². The maximum absolute atomic E-state index is 12.4. The SMILES string of the molecule is N=C(/N=C\NCc1ccccc1)C(=O)N[C@H]1CCc2cc(Br)ccc2NC1=O. The van der Waals surface area contributed by atoms with Gasteiger partial charge in [0.15, 0.2) is 0 Å². The number of carbonyl (C=O) groups excluding carboxylic acids is 2. The quantitative estimate of drug-likeness (QED) is 0.432. The number of anilines is 1. The zero-order chi connectivity index (χ0) is 19.9. The highest BCUT2D eigenvalue weighted by Gasteiger charge is 2.26. The molecule has 8 heteroatoms. The fraction of sp³-hybridized carbons (Fsp3) is 0.200. The lowest BCUT2D eigenvalue weighted by molar-refractivity contribution is -0.123. The molecule has 0 aliphatic carbocycles. The summed E-state index contributed by atoms with van der Waals surface area (Å²) < 4.78 is 0.933. The van der Waals surface area contributed by atoms with E-state index in [2.05, 4.69) is 36.9 Å². The van der Waals surface area contributed by atoms with Gasteiger partial charge in [-0.05, 0) is 42.2 Å². The van der Waals surface area contributed by atoms with E-state index in [1.165, 1.54) is 6.34 Å². The molecule has 28 heavy (non-hydrogen) atoms. The predicted octanol–water partition coefficient (Wildman–Crippen LogP) is 2.61. The Balaban J connectivity index is 1.51. The maximum atomic E-state index is 12.4. The van der Waals surface area contributed by atoms with Crippen molar-refractivity contribution in [1.82, 2.24) is 10.6 Å². The van der Waals surface area contributed by atoms with E-state index >= 15 is 0 Å². The van der Waals surface area contributed by atoms with Crippen molar-refractivity contribution in [2.45, 2.75) is 25.4 Å². The third-order valence-electron chi connectivity index (χ3n) is 4.30. The number of aliphatic imine (C=N–C) groups is 1. The monoisotopic (exact) mass is 441 g/mol. The van der Waals surface area contributed by atoms with Gasteiger partial charge in [0.25, 0.3) is 5.91 Å². The van der Waals surface area contributed by atoms with E-state index in [4.69, 9.17) is 5.41 Å². The van der Waals surface area contributed by atoms with Gasteiger partial charge in [-0.3, -0.25) is 15.0 Å². The van der Waals surface area contributed by atoms with E-state index in [1.54, 1.807) is 0 Å². The molecule has 1 atom stereocenters. The number of hydrogen-bond acceptors (Lipinski definition) is 3. The molecule has 0 radical (unpaired) electrons. The van der Waals surface area contributed by atoms with Crippen LogP contribution in [0.4, 0.5) is 5.69 Å². The average Bonchev–Trinajstić information content (AvgIpc) is 2.84. The minimum absolute atomic E-state index is 0.298. The Hall–Kier alpha value is -3.00. The lowest BCUT2D eigenvalue weighted by Crippen LogP contribution is -2.45. The Morgan fingerprint density at radius 1 is 1.29 bits per heavy atom. The summed E-state index contributed by atoms with van der Waals surface area (Å²) in [4.78, 5) is 28.4. The third kappa shape index (κ3) is 5.26. The Morgan fingerprint density at radius 3 is 2.86 bits per heavy atom. The van der Waals surface area contributed by atoms with Gasteiger partial charge in [0.05, 0.1) is 6.34 Å². The highest BCUT2D eigenvalue weighted by Crippen LogP contribution is 2.25. The molecular weight excluding hydrogens is 422 g/mol. The number of carbonyl (C=O) groups is 2. The fourth-order valence-corrected chi connectivity index (χ4v) is 3.24. The number of amidine groups is 1. The minimum Gasteiger partial charge on any atom is -0.372 e. The molecule has 0 unspecified atom stereocenters. The van der Waals surface area contributed by atoms with Crippen LogP contribution in [-0.4, -0.2) is 30.0 Å². The molecule has 0 bridgehead atoms. The van der Waals surface area contributed by atoms with Gasteiger partial charge in [0.2, 0.25) is 11.7 Å². The highest BCUT2D eigenvalue weighted by molar-refractivity contribution is 9.10. The molecule has 4 N–H and O–H groups in total. The molecule has 2 aromatic rings. The summed E-state index contributed by atoms with van der Waals surface area (Å²) >= 11 is 3.42. The first-order chi connectivity index (χ1) is 13.5. The van der Waals surface area contributed by atoms with Crippen molar-refractivity contribution in [3.63, 3.8) is 0 Å². The first-order valence-electron chi connectivity index (χ1n) is 8.81. The lowest BCUT2D eigenvalue weighted by Gasteiger charge is -2.14. The van der Waals surface area contributed by atoms with Crippen LogP contribution in [0.15, 0.2) is 58.0 Å². The second-order valence-electron chi connectivity index (χ2n) is 6.33. The van der Waals surface area contributed by atoms with Crippen LogP contribution in [0, 0.1) is 5.41 Å². The van der Waals surface area contributed by atoms with E-state index < -0.39 is 17.8 Å². The Kier molecular flexibility index (Phi) is 6.54.